The summed E-state index contributed by atoms with van der Waals surface area (Å²) in [4.78, 5) is 12.5. The number of nitrogens with zero attached hydrogens (tertiary/aromatic N) is 5. The Hall–Kier alpha value is -4.98. The highest BCUT2D eigenvalue weighted by atomic mass is 16.5. The Bertz CT molecular complexity index is 1520. The minimum Gasteiger partial charge on any atom is -0.497 e. The molecular weight excluding hydrogens is 466 g/mol. The van der Waals surface area contributed by atoms with Crippen LogP contribution in [0.2, 0.25) is 0 Å². The molecule has 8 heteroatoms. The van der Waals surface area contributed by atoms with Crippen LogP contribution < -0.4 is 4.74 Å². The van der Waals surface area contributed by atoms with Crippen LogP contribution in [0.25, 0.3) is 28.7 Å². The number of carbonyl (C=O) groups excluding carboxylic acids is 1. The Morgan fingerprint density at radius 1 is 0.892 bits per heavy atom. The molecule has 0 N–H and O–H groups in total. The number of aromatic nitrogens is 5. The smallest absolute Gasteiger partial charge is 0.331 e. The van der Waals surface area contributed by atoms with E-state index in [2.05, 4.69) is 10.3 Å². The molecular formula is C29H25N5O3. The molecule has 3 aromatic carbocycles. The second-order valence-electron chi connectivity index (χ2n) is 8.37. The molecule has 0 aliphatic heterocycles. The van der Waals surface area contributed by atoms with Crippen molar-refractivity contribution in [1.82, 2.24) is 24.8 Å². The van der Waals surface area contributed by atoms with Gasteiger partial charge in [0.05, 0.1) is 30.4 Å². The van der Waals surface area contributed by atoms with E-state index in [1.54, 1.807) is 28.7 Å². The molecule has 37 heavy (non-hydrogen) atoms. The molecule has 0 unspecified atom stereocenters. The number of aryl methyl sites for hydroxylation is 1. The molecule has 5 rings (SSSR count). The fourth-order valence-corrected chi connectivity index (χ4v) is 3.73. The summed E-state index contributed by atoms with van der Waals surface area (Å²) < 4.78 is 14.1. The lowest BCUT2D eigenvalue weighted by atomic mass is 10.1. The third kappa shape index (κ3) is 5.65. The molecule has 0 saturated carbocycles. The lowest BCUT2D eigenvalue weighted by molar-refractivity contribution is -0.139. The zero-order valence-electron chi connectivity index (χ0n) is 20.5. The average molecular weight is 492 g/mol. The molecule has 0 amide bonds. The van der Waals surface area contributed by atoms with Gasteiger partial charge in [-0.05, 0) is 61.5 Å². The Balaban J connectivity index is 1.31. The van der Waals surface area contributed by atoms with Crippen molar-refractivity contribution in [3.05, 3.63) is 114 Å². The molecule has 0 saturated heterocycles. The van der Waals surface area contributed by atoms with E-state index in [-0.39, 0.29) is 6.61 Å². The molecule has 0 bridgehead atoms. The Morgan fingerprint density at radius 3 is 2.35 bits per heavy atom. The number of esters is 1. The predicted molar refractivity (Wildman–Crippen MR) is 140 cm³/mol. The Morgan fingerprint density at radius 2 is 1.62 bits per heavy atom. The van der Waals surface area contributed by atoms with Crippen LogP contribution in [0.15, 0.2) is 97.3 Å². The summed E-state index contributed by atoms with van der Waals surface area (Å²) in [5.74, 6) is 0.268. The van der Waals surface area contributed by atoms with Crippen molar-refractivity contribution >= 4 is 12.0 Å². The highest BCUT2D eigenvalue weighted by molar-refractivity contribution is 5.88. The van der Waals surface area contributed by atoms with Crippen molar-refractivity contribution in [3.63, 3.8) is 0 Å². The summed E-state index contributed by atoms with van der Waals surface area (Å²) in [5, 5.41) is 13.0. The van der Waals surface area contributed by atoms with Crippen molar-refractivity contribution < 1.29 is 14.3 Å². The summed E-state index contributed by atoms with van der Waals surface area (Å²) >= 11 is 0. The zero-order chi connectivity index (χ0) is 25.6. The number of hydrogen-bond acceptors (Lipinski definition) is 6. The first kappa shape index (κ1) is 23.7. The highest BCUT2D eigenvalue weighted by Crippen LogP contribution is 2.26. The van der Waals surface area contributed by atoms with Crippen LogP contribution in [0.5, 0.6) is 5.75 Å². The maximum absolute atomic E-state index is 12.5. The van der Waals surface area contributed by atoms with Gasteiger partial charge in [-0.15, -0.1) is 5.10 Å². The minimum absolute atomic E-state index is 0.0175. The Kier molecular flexibility index (Phi) is 6.89. The van der Waals surface area contributed by atoms with E-state index in [4.69, 9.17) is 14.6 Å². The van der Waals surface area contributed by atoms with Gasteiger partial charge < -0.3 is 9.47 Å². The van der Waals surface area contributed by atoms with Crippen LogP contribution in [-0.4, -0.2) is 37.9 Å². The Labute approximate surface area is 214 Å². The van der Waals surface area contributed by atoms with Crippen LogP contribution in [0.1, 0.15) is 16.8 Å². The average Bonchev–Trinajstić information content (AvgIpc) is 3.59. The summed E-state index contributed by atoms with van der Waals surface area (Å²) in [6.45, 7) is 2.04. The number of para-hydroxylation sites is 1. The molecule has 0 fully saturated rings. The van der Waals surface area contributed by atoms with Crippen molar-refractivity contribution in [2.75, 3.05) is 7.11 Å². The second kappa shape index (κ2) is 10.7. The molecule has 0 radical (unpaired) electrons. The van der Waals surface area contributed by atoms with Crippen LogP contribution in [-0.2, 0) is 16.1 Å². The van der Waals surface area contributed by atoms with Crippen molar-refractivity contribution in [1.29, 1.82) is 0 Å². The van der Waals surface area contributed by atoms with E-state index in [1.807, 2.05) is 92.0 Å². The van der Waals surface area contributed by atoms with Gasteiger partial charge in [0.25, 0.3) is 0 Å². The lowest BCUT2D eigenvalue weighted by Crippen LogP contribution is -2.01. The standard InChI is InChI=1S/C29H25N5O3/c1-21-8-13-26(14-9-21)34-19-24(30-32-34)20-37-28(35)17-12-23-18-33(25-6-4-3-5-7-25)31-29(23)22-10-15-27(36-2)16-11-22/h3-19H,20H2,1-2H3/b17-12+. The first-order valence-electron chi connectivity index (χ1n) is 11.7. The van der Waals surface area contributed by atoms with Gasteiger partial charge in [-0.25, -0.2) is 14.2 Å². The van der Waals surface area contributed by atoms with Crippen LogP contribution in [0.4, 0.5) is 0 Å². The molecule has 184 valence electrons. The number of methoxy groups -OCH3 is 1. The van der Waals surface area contributed by atoms with Gasteiger partial charge in [0.15, 0.2) is 0 Å². The van der Waals surface area contributed by atoms with Crippen molar-refractivity contribution in [3.8, 4) is 28.4 Å². The topological polar surface area (TPSA) is 84.1 Å². The fourth-order valence-electron chi connectivity index (χ4n) is 3.73. The normalized spacial score (nSPS) is 11.1. The van der Waals surface area contributed by atoms with E-state index in [1.165, 1.54) is 6.08 Å². The van der Waals surface area contributed by atoms with Gasteiger partial charge in [-0.1, -0.05) is 41.1 Å². The van der Waals surface area contributed by atoms with Crippen molar-refractivity contribution in [2.45, 2.75) is 13.5 Å². The summed E-state index contributed by atoms with van der Waals surface area (Å²) in [5.41, 5.74) is 5.92. The van der Waals surface area contributed by atoms with Gasteiger partial charge >= 0.3 is 5.97 Å². The van der Waals surface area contributed by atoms with Crippen molar-refractivity contribution in [2.24, 2.45) is 0 Å². The number of rotatable bonds is 8. The van der Waals surface area contributed by atoms with E-state index in [0.717, 1.165) is 39.5 Å². The van der Waals surface area contributed by atoms with Gasteiger partial charge in [-0.2, -0.15) is 5.10 Å². The molecule has 8 nitrogen and oxygen atoms in total. The quantitative estimate of drug-likeness (QED) is 0.219. The minimum atomic E-state index is -0.488. The van der Waals surface area contributed by atoms with E-state index in [0.29, 0.717) is 5.69 Å². The monoisotopic (exact) mass is 491 g/mol. The molecule has 0 spiro atoms. The number of carbonyl (C=O) groups is 1. The van der Waals surface area contributed by atoms with Crippen LogP contribution in [0, 0.1) is 6.92 Å². The maximum atomic E-state index is 12.5. The van der Waals surface area contributed by atoms with E-state index in [9.17, 15) is 4.79 Å². The maximum Gasteiger partial charge on any atom is 0.331 e. The van der Waals surface area contributed by atoms with Crippen LogP contribution in [0.3, 0.4) is 0 Å². The van der Waals surface area contributed by atoms with Crippen LogP contribution >= 0.6 is 0 Å². The third-order valence-corrected chi connectivity index (χ3v) is 5.73. The van der Waals surface area contributed by atoms with E-state index < -0.39 is 5.97 Å². The molecule has 0 aliphatic carbocycles. The fraction of sp³-hybridized carbons (Fsp3) is 0.103. The van der Waals surface area contributed by atoms with Gasteiger partial charge in [0.1, 0.15) is 18.1 Å². The lowest BCUT2D eigenvalue weighted by Gasteiger charge is -2.03. The predicted octanol–water partition coefficient (Wildman–Crippen LogP) is 5.19. The zero-order valence-corrected chi connectivity index (χ0v) is 20.5. The summed E-state index contributed by atoms with van der Waals surface area (Å²) in [7, 11) is 1.63. The summed E-state index contributed by atoms with van der Waals surface area (Å²) in [6.07, 6.45) is 6.72. The van der Waals surface area contributed by atoms with Gasteiger partial charge in [0, 0.05) is 23.4 Å². The molecule has 2 aromatic heterocycles. The molecule has 5 aromatic rings. The first-order chi connectivity index (χ1) is 18.1. The second-order valence-corrected chi connectivity index (χ2v) is 8.37. The largest absolute Gasteiger partial charge is 0.497 e. The molecule has 2 heterocycles. The molecule has 0 atom stereocenters. The molecule has 0 aliphatic rings. The summed E-state index contributed by atoms with van der Waals surface area (Å²) in [6, 6.07) is 25.3. The van der Waals surface area contributed by atoms with Gasteiger partial charge in [0.2, 0.25) is 0 Å². The number of ether oxygens (including phenoxy) is 2. The van der Waals surface area contributed by atoms with Gasteiger partial charge in [-0.3, -0.25) is 0 Å². The SMILES string of the molecule is COc1ccc(-c2nn(-c3ccccc3)cc2/C=C/C(=O)OCc2cn(-c3ccc(C)cc3)nn2)cc1. The number of benzene rings is 3. The first-order valence-corrected chi connectivity index (χ1v) is 11.7. The van der Waals surface area contributed by atoms with E-state index >= 15 is 0 Å². The highest BCUT2D eigenvalue weighted by Gasteiger charge is 2.12. The third-order valence-electron chi connectivity index (χ3n) is 5.73. The number of hydrogen-bond donors (Lipinski definition) is 0.